The molecule has 5 nitrogen and oxygen atoms in total. The van der Waals surface area contributed by atoms with Gasteiger partial charge in [-0.1, -0.05) is 25.9 Å². The lowest BCUT2D eigenvalue weighted by atomic mass is 9.97. The van der Waals surface area contributed by atoms with Gasteiger partial charge in [-0.25, -0.2) is 0 Å². The van der Waals surface area contributed by atoms with Crippen molar-refractivity contribution in [3.05, 3.63) is 11.7 Å². The first-order valence-corrected chi connectivity index (χ1v) is 6.65. The van der Waals surface area contributed by atoms with Crippen molar-refractivity contribution in [2.45, 2.75) is 45.6 Å². The van der Waals surface area contributed by atoms with E-state index in [1.807, 2.05) is 0 Å². The fourth-order valence-corrected chi connectivity index (χ4v) is 2.30. The maximum atomic E-state index is 8.94. The highest BCUT2D eigenvalue weighted by Gasteiger charge is 2.25. The van der Waals surface area contributed by atoms with Crippen LogP contribution in [0.5, 0.6) is 0 Å². The van der Waals surface area contributed by atoms with E-state index in [1.165, 1.54) is 0 Å². The molecule has 1 N–H and O–H groups in total. The van der Waals surface area contributed by atoms with Crippen LogP contribution in [0, 0.1) is 5.92 Å². The van der Waals surface area contributed by atoms with Gasteiger partial charge in [-0.05, 0) is 25.3 Å². The van der Waals surface area contributed by atoms with Gasteiger partial charge in [0.15, 0.2) is 5.82 Å². The maximum absolute atomic E-state index is 8.94. The standard InChI is InChI=1S/C13H23N3O2/c1-13(2,3)12-14-11(15-18-12)9-16-6-4-10(8-16)5-7-17/h10,17H,4-9H2,1-3H3. The molecule has 1 saturated heterocycles. The third-order valence-corrected chi connectivity index (χ3v) is 3.38. The van der Waals surface area contributed by atoms with Crippen molar-refractivity contribution in [2.24, 2.45) is 5.92 Å². The van der Waals surface area contributed by atoms with Gasteiger partial charge in [0.1, 0.15) is 0 Å². The minimum atomic E-state index is -0.0876. The Morgan fingerprint density at radius 3 is 2.83 bits per heavy atom. The molecule has 1 aromatic heterocycles. The Balaban J connectivity index is 1.89. The molecule has 0 bridgehead atoms. The van der Waals surface area contributed by atoms with Crippen LogP contribution in [0.15, 0.2) is 4.52 Å². The summed E-state index contributed by atoms with van der Waals surface area (Å²) in [5, 5.41) is 13.0. The lowest BCUT2D eigenvalue weighted by Gasteiger charge is -2.13. The average molecular weight is 253 g/mol. The van der Waals surface area contributed by atoms with Gasteiger partial charge in [-0.2, -0.15) is 4.98 Å². The summed E-state index contributed by atoms with van der Waals surface area (Å²) in [6.45, 7) is 9.33. The quantitative estimate of drug-likeness (QED) is 0.882. The van der Waals surface area contributed by atoms with E-state index in [2.05, 4.69) is 35.8 Å². The number of hydrogen-bond acceptors (Lipinski definition) is 5. The molecule has 2 rings (SSSR count). The Kier molecular flexibility index (Phi) is 4.02. The van der Waals surface area contributed by atoms with Gasteiger partial charge in [0.25, 0.3) is 0 Å². The highest BCUT2D eigenvalue weighted by atomic mass is 16.5. The number of rotatable bonds is 4. The van der Waals surface area contributed by atoms with E-state index in [1.54, 1.807) is 0 Å². The molecular formula is C13H23N3O2. The van der Waals surface area contributed by atoms with Crippen LogP contribution in [0.2, 0.25) is 0 Å². The van der Waals surface area contributed by atoms with Crippen molar-refractivity contribution < 1.29 is 9.63 Å². The highest BCUT2D eigenvalue weighted by molar-refractivity contribution is 4.98. The summed E-state index contributed by atoms with van der Waals surface area (Å²) in [6, 6.07) is 0. The fraction of sp³-hybridized carbons (Fsp3) is 0.846. The number of aromatic nitrogens is 2. The summed E-state index contributed by atoms with van der Waals surface area (Å²) in [5.41, 5.74) is -0.0876. The Hall–Kier alpha value is -0.940. The van der Waals surface area contributed by atoms with Crippen LogP contribution in [-0.2, 0) is 12.0 Å². The van der Waals surface area contributed by atoms with Gasteiger partial charge < -0.3 is 9.63 Å². The molecule has 0 aliphatic carbocycles. The lowest BCUT2D eigenvalue weighted by molar-refractivity contribution is 0.247. The van der Waals surface area contributed by atoms with Crippen LogP contribution in [0.1, 0.15) is 45.3 Å². The second kappa shape index (κ2) is 5.36. The minimum Gasteiger partial charge on any atom is -0.396 e. The second-order valence-corrected chi connectivity index (χ2v) is 6.17. The first kappa shape index (κ1) is 13.5. The van der Waals surface area contributed by atoms with Crippen molar-refractivity contribution in [3.8, 4) is 0 Å². The summed E-state index contributed by atoms with van der Waals surface area (Å²) < 4.78 is 5.29. The predicted molar refractivity (Wildman–Crippen MR) is 68.1 cm³/mol. The zero-order valence-electron chi connectivity index (χ0n) is 11.5. The van der Waals surface area contributed by atoms with E-state index in [-0.39, 0.29) is 12.0 Å². The molecule has 18 heavy (non-hydrogen) atoms. The van der Waals surface area contributed by atoms with Crippen LogP contribution in [0.3, 0.4) is 0 Å². The Bertz CT molecular complexity index is 384. The molecule has 102 valence electrons. The third kappa shape index (κ3) is 3.29. The molecule has 1 fully saturated rings. The van der Waals surface area contributed by atoms with Gasteiger partial charge in [-0.15, -0.1) is 0 Å². The molecule has 1 aliphatic heterocycles. The van der Waals surface area contributed by atoms with Crippen molar-refractivity contribution in [1.29, 1.82) is 0 Å². The zero-order chi connectivity index (χ0) is 13.2. The highest BCUT2D eigenvalue weighted by Crippen LogP contribution is 2.22. The third-order valence-electron chi connectivity index (χ3n) is 3.38. The van der Waals surface area contributed by atoms with E-state index in [9.17, 15) is 0 Å². The predicted octanol–water partition coefficient (Wildman–Crippen LogP) is 1.57. The van der Waals surface area contributed by atoms with Gasteiger partial charge in [0.05, 0.1) is 6.54 Å². The number of likely N-dealkylation sites (tertiary alicyclic amines) is 1. The largest absolute Gasteiger partial charge is 0.396 e. The molecule has 0 aromatic carbocycles. The van der Waals surface area contributed by atoms with Gasteiger partial charge in [-0.3, -0.25) is 4.90 Å². The van der Waals surface area contributed by atoms with E-state index < -0.39 is 0 Å². The normalized spacial score (nSPS) is 21.7. The molecular weight excluding hydrogens is 230 g/mol. The fourth-order valence-electron chi connectivity index (χ4n) is 2.30. The Labute approximate surface area is 108 Å². The van der Waals surface area contributed by atoms with E-state index >= 15 is 0 Å². The summed E-state index contributed by atoms with van der Waals surface area (Å²) in [4.78, 5) is 6.78. The van der Waals surface area contributed by atoms with Crippen molar-refractivity contribution in [1.82, 2.24) is 15.0 Å². The molecule has 0 amide bonds. The Morgan fingerprint density at radius 1 is 1.44 bits per heavy atom. The first-order valence-electron chi connectivity index (χ1n) is 6.65. The molecule has 5 heteroatoms. The number of aliphatic hydroxyl groups is 1. The average Bonchev–Trinajstić information content (AvgIpc) is 2.88. The van der Waals surface area contributed by atoms with Crippen molar-refractivity contribution in [3.63, 3.8) is 0 Å². The van der Waals surface area contributed by atoms with E-state index in [0.717, 1.165) is 38.3 Å². The zero-order valence-corrected chi connectivity index (χ0v) is 11.5. The maximum Gasteiger partial charge on any atom is 0.232 e. The van der Waals surface area contributed by atoms with Gasteiger partial charge in [0, 0.05) is 18.6 Å². The molecule has 1 aliphatic rings. The molecule has 1 unspecified atom stereocenters. The van der Waals surface area contributed by atoms with E-state index in [4.69, 9.17) is 9.63 Å². The molecule has 1 aromatic rings. The molecule has 2 heterocycles. The molecule has 0 spiro atoms. The van der Waals surface area contributed by atoms with Crippen molar-refractivity contribution in [2.75, 3.05) is 19.7 Å². The van der Waals surface area contributed by atoms with Crippen molar-refractivity contribution >= 4 is 0 Å². The summed E-state index contributed by atoms with van der Waals surface area (Å²) in [7, 11) is 0. The smallest absolute Gasteiger partial charge is 0.232 e. The SMILES string of the molecule is CC(C)(C)c1nc(CN2CCC(CCO)C2)no1. The molecule has 0 saturated carbocycles. The molecule has 1 atom stereocenters. The second-order valence-electron chi connectivity index (χ2n) is 6.17. The van der Waals surface area contributed by atoms with Gasteiger partial charge in [0.2, 0.25) is 5.89 Å². The van der Waals surface area contributed by atoms with Crippen LogP contribution >= 0.6 is 0 Å². The summed E-state index contributed by atoms with van der Waals surface area (Å²) >= 11 is 0. The van der Waals surface area contributed by atoms with E-state index in [0.29, 0.717) is 11.8 Å². The van der Waals surface area contributed by atoms with Gasteiger partial charge >= 0.3 is 0 Å². The number of nitrogens with zero attached hydrogens (tertiary/aromatic N) is 3. The summed E-state index contributed by atoms with van der Waals surface area (Å²) in [6.07, 6.45) is 2.06. The van der Waals surface area contributed by atoms with Crippen LogP contribution < -0.4 is 0 Å². The summed E-state index contributed by atoms with van der Waals surface area (Å²) in [5.74, 6) is 2.08. The van der Waals surface area contributed by atoms with Crippen LogP contribution in [0.4, 0.5) is 0 Å². The number of aliphatic hydroxyl groups excluding tert-OH is 1. The lowest BCUT2D eigenvalue weighted by Crippen LogP contribution is -2.21. The topological polar surface area (TPSA) is 62.4 Å². The Morgan fingerprint density at radius 2 is 2.22 bits per heavy atom. The number of hydrogen-bond donors (Lipinski definition) is 1. The first-order chi connectivity index (χ1) is 8.49. The minimum absolute atomic E-state index is 0.0876. The molecule has 0 radical (unpaired) electrons. The monoisotopic (exact) mass is 253 g/mol. The van der Waals surface area contributed by atoms with Crippen LogP contribution in [-0.4, -0.2) is 39.8 Å². The van der Waals surface area contributed by atoms with Crippen LogP contribution in [0.25, 0.3) is 0 Å².